The molecule has 0 saturated carbocycles. The van der Waals surface area contributed by atoms with E-state index < -0.39 is 0 Å². The molecule has 1 atom stereocenters. The van der Waals surface area contributed by atoms with Crippen LogP contribution in [0.5, 0.6) is 0 Å². The quantitative estimate of drug-likeness (QED) is 0.473. The zero-order valence-electron chi connectivity index (χ0n) is 7.36. The monoisotopic (exact) mass is 174 g/mol. The van der Waals surface area contributed by atoms with Crippen molar-refractivity contribution in [1.29, 1.82) is 0 Å². The van der Waals surface area contributed by atoms with E-state index in [-0.39, 0.29) is 11.7 Å². The fourth-order valence-electron chi connectivity index (χ4n) is 0.743. The summed E-state index contributed by atoms with van der Waals surface area (Å²) in [7, 11) is 0. The molecule has 0 aliphatic rings. The van der Waals surface area contributed by atoms with E-state index in [9.17, 15) is 4.79 Å². The van der Waals surface area contributed by atoms with Gasteiger partial charge in [-0.3, -0.25) is 4.79 Å². The molecule has 2 heteroatoms. The van der Waals surface area contributed by atoms with Gasteiger partial charge in [-0.1, -0.05) is 26.3 Å². The predicted molar refractivity (Wildman–Crippen MR) is 48.9 cm³/mol. The highest BCUT2D eigenvalue weighted by molar-refractivity contribution is 6.30. The van der Waals surface area contributed by atoms with Crippen molar-refractivity contribution in [2.45, 2.75) is 27.2 Å². The molecular formula is C9H15ClO. The highest BCUT2D eigenvalue weighted by atomic mass is 35.5. The molecule has 0 amide bonds. The van der Waals surface area contributed by atoms with Gasteiger partial charge in [-0.05, 0) is 18.4 Å². The second-order valence-corrected chi connectivity index (χ2v) is 3.06. The van der Waals surface area contributed by atoms with Crippen LogP contribution < -0.4 is 0 Å². The van der Waals surface area contributed by atoms with E-state index in [1.165, 1.54) is 0 Å². The van der Waals surface area contributed by atoms with E-state index in [0.717, 1.165) is 12.0 Å². The maximum Gasteiger partial charge on any atom is 0.172 e. The van der Waals surface area contributed by atoms with E-state index in [4.69, 9.17) is 11.6 Å². The molecule has 1 nitrogen and oxygen atoms in total. The molecule has 1 unspecified atom stereocenters. The van der Waals surface area contributed by atoms with Gasteiger partial charge in [0.1, 0.15) is 0 Å². The Morgan fingerprint density at radius 3 is 2.55 bits per heavy atom. The highest BCUT2D eigenvalue weighted by Gasteiger charge is 2.03. The lowest BCUT2D eigenvalue weighted by molar-refractivity contribution is -0.113. The van der Waals surface area contributed by atoms with Gasteiger partial charge in [-0.25, -0.2) is 0 Å². The lowest BCUT2D eigenvalue weighted by atomic mass is 10.0. The summed E-state index contributed by atoms with van der Waals surface area (Å²) >= 11 is 5.38. The summed E-state index contributed by atoms with van der Waals surface area (Å²) in [4.78, 5) is 11.0. The third-order valence-electron chi connectivity index (χ3n) is 1.74. The lowest BCUT2D eigenvalue weighted by Gasteiger charge is -2.02. The van der Waals surface area contributed by atoms with Gasteiger partial charge in [0.2, 0.25) is 0 Å². The summed E-state index contributed by atoms with van der Waals surface area (Å²) in [6.45, 7) is 6.00. The first-order valence-corrected chi connectivity index (χ1v) is 4.42. The number of rotatable bonds is 4. The second-order valence-electron chi connectivity index (χ2n) is 2.79. The fraction of sp³-hybridized carbons (Fsp3) is 0.667. The number of halogens is 1. The molecule has 0 heterocycles. The largest absolute Gasteiger partial charge is 0.293 e. The van der Waals surface area contributed by atoms with Crippen LogP contribution in [0.25, 0.3) is 0 Å². The molecule has 0 rings (SSSR count). The molecule has 0 spiro atoms. The van der Waals surface area contributed by atoms with Crippen LogP contribution >= 0.6 is 11.6 Å². The van der Waals surface area contributed by atoms with Crippen LogP contribution in [0, 0.1) is 5.92 Å². The second kappa shape index (κ2) is 5.36. The minimum Gasteiger partial charge on any atom is -0.293 e. The topological polar surface area (TPSA) is 17.1 Å². The SMILES string of the molecule is CCC(C)/C=C(\C)C(=O)CCl. The van der Waals surface area contributed by atoms with Crippen LogP contribution in [0.2, 0.25) is 0 Å². The Hall–Kier alpha value is -0.300. The number of ketones is 1. The Morgan fingerprint density at radius 1 is 1.64 bits per heavy atom. The van der Waals surface area contributed by atoms with Crippen molar-refractivity contribution in [3.63, 3.8) is 0 Å². The molecular weight excluding hydrogens is 160 g/mol. The van der Waals surface area contributed by atoms with Gasteiger partial charge in [0, 0.05) is 0 Å². The summed E-state index contributed by atoms with van der Waals surface area (Å²) in [5.74, 6) is 0.604. The third kappa shape index (κ3) is 4.20. The number of carbonyl (C=O) groups is 1. The van der Waals surface area contributed by atoms with Crippen molar-refractivity contribution < 1.29 is 4.79 Å². The normalized spacial score (nSPS) is 14.7. The van der Waals surface area contributed by atoms with E-state index >= 15 is 0 Å². The number of Topliss-reactive ketones (excluding diaryl/α,β-unsaturated/α-hetero) is 1. The third-order valence-corrected chi connectivity index (χ3v) is 1.98. The number of carbonyl (C=O) groups excluding carboxylic acids is 1. The Morgan fingerprint density at radius 2 is 2.18 bits per heavy atom. The van der Waals surface area contributed by atoms with Gasteiger partial charge in [0.25, 0.3) is 0 Å². The Balaban J connectivity index is 4.09. The molecule has 0 aromatic heterocycles. The average molecular weight is 175 g/mol. The first kappa shape index (κ1) is 10.7. The first-order chi connectivity index (χ1) is 5.11. The Labute approximate surface area is 73.4 Å². The van der Waals surface area contributed by atoms with Crippen LogP contribution in [0.1, 0.15) is 27.2 Å². The molecule has 0 bridgehead atoms. The van der Waals surface area contributed by atoms with Crippen molar-refractivity contribution in [2.75, 3.05) is 5.88 Å². The van der Waals surface area contributed by atoms with Gasteiger partial charge >= 0.3 is 0 Å². The molecule has 11 heavy (non-hydrogen) atoms. The maximum absolute atomic E-state index is 11.0. The van der Waals surface area contributed by atoms with E-state index in [2.05, 4.69) is 13.8 Å². The summed E-state index contributed by atoms with van der Waals surface area (Å²) in [5, 5.41) is 0. The highest BCUT2D eigenvalue weighted by Crippen LogP contribution is 2.07. The summed E-state index contributed by atoms with van der Waals surface area (Å²) in [6.07, 6.45) is 3.04. The van der Waals surface area contributed by atoms with E-state index in [1.54, 1.807) is 0 Å². The number of allylic oxidation sites excluding steroid dienone is 2. The molecule has 0 fully saturated rings. The molecule has 0 aliphatic carbocycles. The molecule has 0 aliphatic heterocycles. The molecule has 0 aromatic rings. The Bertz CT molecular complexity index is 161. The number of hydrogen-bond donors (Lipinski definition) is 0. The van der Waals surface area contributed by atoms with Gasteiger partial charge < -0.3 is 0 Å². The minimum atomic E-state index is 0.0342. The van der Waals surface area contributed by atoms with Crippen LogP contribution in [-0.2, 0) is 4.79 Å². The van der Waals surface area contributed by atoms with Crippen LogP contribution in [-0.4, -0.2) is 11.7 Å². The molecule has 0 saturated heterocycles. The maximum atomic E-state index is 11.0. The molecule has 64 valence electrons. The zero-order valence-corrected chi connectivity index (χ0v) is 8.11. The summed E-state index contributed by atoms with van der Waals surface area (Å²) in [6, 6.07) is 0. The summed E-state index contributed by atoms with van der Waals surface area (Å²) in [5.41, 5.74) is 0.786. The van der Waals surface area contributed by atoms with Gasteiger partial charge in [0.15, 0.2) is 5.78 Å². The number of alkyl halides is 1. The lowest BCUT2D eigenvalue weighted by Crippen LogP contribution is -2.02. The van der Waals surface area contributed by atoms with E-state index in [1.807, 2.05) is 13.0 Å². The predicted octanol–water partition coefficient (Wildman–Crippen LogP) is 2.79. The average Bonchev–Trinajstić information content (AvgIpc) is 2.02. The smallest absolute Gasteiger partial charge is 0.172 e. The van der Waals surface area contributed by atoms with Crippen LogP contribution in [0.3, 0.4) is 0 Å². The fourth-order valence-corrected chi connectivity index (χ4v) is 0.954. The van der Waals surface area contributed by atoms with Crippen molar-refractivity contribution in [3.8, 4) is 0 Å². The summed E-state index contributed by atoms with van der Waals surface area (Å²) < 4.78 is 0. The molecule has 0 radical (unpaired) electrons. The van der Waals surface area contributed by atoms with Crippen molar-refractivity contribution in [3.05, 3.63) is 11.6 Å². The van der Waals surface area contributed by atoms with Gasteiger partial charge in [0.05, 0.1) is 5.88 Å². The standard InChI is InChI=1S/C9H15ClO/c1-4-7(2)5-8(3)9(11)6-10/h5,7H,4,6H2,1-3H3/b8-5+. The Kier molecular flexibility index (Phi) is 5.22. The van der Waals surface area contributed by atoms with Crippen molar-refractivity contribution in [1.82, 2.24) is 0 Å². The van der Waals surface area contributed by atoms with E-state index in [0.29, 0.717) is 5.92 Å². The van der Waals surface area contributed by atoms with Gasteiger partial charge in [-0.15, -0.1) is 11.6 Å². The van der Waals surface area contributed by atoms with Crippen LogP contribution in [0.15, 0.2) is 11.6 Å². The zero-order chi connectivity index (χ0) is 8.85. The van der Waals surface area contributed by atoms with Crippen molar-refractivity contribution >= 4 is 17.4 Å². The minimum absolute atomic E-state index is 0.0342. The van der Waals surface area contributed by atoms with Crippen LogP contribution in [0.4, 0.5) is 0 Å². The molecule has 0 N–H and O–H groups in total. The first-order valence-electron chi connectivity index (χ1n) is 3.89. The number of hydrogen-bond acceptors (Lipinski definition) is 1. The van der Waals surface area contributed by atoms with Gasteiger partial charge in [-0.2, -0.15) is 0 Å². The molecule has 0 aromatic carbocycles. The van der Waals surface area contributed by atoms with Crippen molar-refractivity contribution in [2.24, 2.45) is 5.92 Å².